The van der Waals surface area contributed by atoms with Crippen LogP contribution in [-0.4, -0.2) is 45.4 Å². The Balaban J connectivity index is 1.56. The molecule has 2 atom stereocenters. The molecule has 0 saturated carbocycles. The van der Waals surface area contributed by atoms with Gasteiger partial charge in [0, 0.05) is 30.5 Å². The zero-order valence-corrected chi connectivity index (χ0v) is 17.5. The van der Waals surface area contributed by atoms with Crippen molar-refractivity contribution in [1.29, 1.82) is 0 Å². The lowest BCUT2D eigenvalue weighted by atomic mass is 10.0. The number of benzene rings is 2. The molecule has 0 aromatic heterocycles. The van der Waals surface area contributed by atoms with E-state index in [2.05, 4.69) is 22.5 Å². The highest BCUT2D eigenvalue weighted by atomic mass is 16.5. The maximum absolute atomic E-state index is 12.7. The van der Waals surface area contributed by atoms with Gasteiger partial charge in [-0.3, -0.25) is 10.1 Å². The van der Waals surface area contributed by atoms with Crippen LogP contribution < -0.4 is 20.3 Å². The molecule has 0 radical (unpaired) electrons. The van der Waals surface area contributed by atoms with Gasteiger partial charge in [0.15, 0.2) is 0 Å². The maximum atomic E-state index is 12.7. The van der Waals surface area contributed by atoms with Crippen LogP contribution in [-0.2, 0) is 9.53 Å². The first-order valence-electron chi connectivity index (χ1n) is 10.2. The molecule has 1 heterocycles. The van der Waals surface area contributed by atoms with E-state index in [0.29, 0.717) is 0 Å². The predicted molar refractivity (Wildman–Crippen MR) is 117 cm³/mol. The molecule has 1 saturated heterocycles. The van der Waals surface area contributed by atoms with E-state index in [1.54, 1.807) is 7.11 Å². The van der Waals surface area contributed by atoms with E-state index in [1.807, 2.05) is 55.5 Å². The molecule has 1 amide bonds. The van der Waals surface area contributed by atoms with Crippen LogP contribution in [0.5, 0.6) is 5.75 Å². The molecule has 2 aromatic rings. The normalized spacial score (nSPS) is 16.2. The minimum Gasteiger partial charge on any atom is -0.497 e. The highest BCUT2D eigenvalue weighted by molar-refractivity contribution is 5.94. The Morgan fingerprint density at radius 3 is 2.34 bits per heavy atom. The van der Waals surface area contributed by atoms with Crippen molar-refractivity contribution in [2.75, 3.05) is 43.6 Å². The highest BCUT2D eigenvalue weighted by Gasteiger charge is 2.18. The minimum atomic E-state index is -0.319. The fourth-order valence-corrected chi connectivity index (χ4v) is 3.49. The van der Waals surface area contributed by atoms with Gasteiger partial charge in [-0.1, -0.05) is 19.1 Å². The van der Waals surface area contributed by atoms with Crippen molar-refractivity contribution in [3.63, 3.8) is 0 Å². The largest absolute Gasteiger partial charge is 0.497 e. The SMILES string of the molecule is CC[C@H](N[C@@H](C)C(=O)Nc1ccc(N2CCOCC2)cc1)c1ccc(OC)cc1. The predicted octanol–water partition coefficient (Wildman–Crippen LogP) is 3.60. The van der Waals surface area contributed by atoms with Gasteiger partial charge in [-0.25, -0.2) is 0 Å². The van der Waals surface area contributed by atoms with E-state index in [1.165, 1.54) is 0 Å². The molecule has 0 bridgehead atoms. The Labute approximate surface area is 173 Å². The molecular weight excluding hydrogens is 366 g/mol. The number of nitrogens with one attached hydrogen (secondary N) is 2. The molecule has 1 aliphatic heterocycles. The second kappa shape index (κ2) is 10.3. The molecule has 2 N–H and O–H groups in total. The Kier molecular flexibility index (Phi) is 7.49. The van der Waals surface area contributed by atoms with Crippen LogP contribution in [0, 0.1) is 0 Å². The molecule has 6 heteroatoms. The summed E-state index contributed by atoms with van der Waals surface area (Å²) in [5.74, 6) is 0.783. The molecular formula is C23H31N3O3. The quantitative estimate of drug-likeness (QED) is 0.713. The van der Waals surface area contributed by atoms with Crippen LogP contribution in [0.1, 0.15) is 31.9 Å². The van der Waals surface area contributed by atoms with Gasteiger partial charge < -0.3 is 19.7 Å². The molecule has 3 rings (SSSR count). The van der Waals surface area contributed by atoms with Crippen molar-refractivity contribution in [3.05, 3.63) is 54.1 Å². The number of carbonyl (C=O) groups is 1. The molecule has 2 aromatic carbocycles. The van der Waals surface area contributed by atoms with E-state index >= 15 is 0 Å². The standard InChI is InChI=1S/C23H31N3O3/c1-4-22(18-5-11-21(28-3)12-6-18)24-17(2)23(27)25-19-7-9-20(10-8-19)26-13-15-29-16-14-26/h5-12,17,22,24H,4,13-16H2,1-3H3,(H,25,27)/t17-,22-/m0/s1. The van der Waals surface area contributed by atoms with E-state index in [0.717, 1.165) is 55.4 Å². The van der Waals surface area contributed by atoms with Crippen LogP contribution in [0.4, 0.5) is 11.4 Å². The number of morpholine rings is 1. The Hall–Kier alpha value is -2.57. The van der Waals surface area contributed by atoms with Crippen molar-refractivity contribution in [1.82, 2.24) is 5.32 Å². The highest BCUT2D eigenvalue weighted by Crippen LogP contribution is 2.22. The third-order valence-corrected chi connectivity index (χ3v) is 5.28. The fraction of sp³-hybridized carbons (Fsp3) is 0.435. The third-order valence-electron chi connectivity index (χ3n) is 5.28. The summed E-state index contributed by atoms with van der Waals surface area (Å²) in [5, 5.41) is 6.43. The lowest BCUT2D eigenvalue weighted by Crippen LogP contribution is -2.40. The van der Waals surface area contributed by atoms with E-state index < -0.39 is 0 Å². The van der Waals surface area contributed by atoms with Gasteiger partial charge in [-0.15, -0.1) is 0 Å². The summed E-state index contributed by atoms with van der Waals surface area (Å²) in [5.41, 5.74) is 3.10. The number of anilines is 2. The summed E-state index contributed by atoms with van der Waals surface area (Å²) in [7, 11) is 1.66. The molecule has 0 spiro atoms. The van der Waals surface area contributed by atoms with Gasteiger partial charge in [-0.05, 0) is 55.3 Å². The second-order valence-electron chi connectivity index (χ2n) is 7.26. The van der Waals surface area contributed by atoms with Gasteiger partial charge in [0.25, 0.3) is 0 Å². The summed E-state index contributed by atoms with van der Waals surface area (Å²) < 4.78 is 10.6. The monoisotopic (exact) mass is 397 g/mol. The van der Waals surface area contributed by atoms with Gasteiger partial charge in [0.05, 0.1) is 26.4 Å². The van der Waals surface area contributed by atoms with Crippen LogP contribution in [0.2, 0.25) is 0 Å². The number of ether oxygens (including phenoxy) is 2. The number of methoxy groups -OCH3 is 1. The topological polar surface area (TPSA) is 62.8 Å². The minimum absolute atomic E-state index is 0.0453. The molecule has 1 aliphatic rings. The average Bonchev–Trinajstić information content (AvgIpc) is 2.78. The third kappa shape index (κ3) is 5.71. The number of rotatable bonds is 8. The summed E-state index contributed by atoms with van der Waals surface area (Å²) in [4.78, 5) is 15.0. The molecule has 6 nitrogen and oxygen atoms in total. The zero-order chi connectivity index (χ0) is 20.6. The van der Waals surface area contributed by atoms with E-state index in [9.17, 15) is 4.79 Å². The molecule has 1 fully saturated rings. The van der Waals surface area contributed by atoms with Crippen LogP contribution in [0.15, 0.2) is 48.5 Å². The Bertz CT molecular complexity index is 771. The van der Waals surface area contributed by atoms with Crippen molar-refractivity contribution >= 4 is 17.3 Å². The first kappa shape index (κ1) is 21.1. The van der Waals surface area contributed by atoms with Crippen molar-refractivity contribution in [2.24, 2.45) is 0 Å². The lowest BCUT2D eigenvalue weighted by Gasteiger charge is -2.29. The number of hydrogen-bond acceptors (Lipinski definition) is 5. The Morgan fingerprint density at radius 1 is 1.10 bits per heavy atom. The van der Waals surface area contributed by atoms with E-state index in [4.69, 9.17) is 9.47 Å². The first-order valence-corrected chi connectivity index (χ1v) is 10.2. The maximum Gasteiger partial charge on any atom is 0.241 e. The molecule has 29 heavy (non-hydrogen) atoms. The summed E-state index contributed by atoms with van der Waals surface area (Å²) in [6.45, 7) is 7.32. The van der Waals surface area contributed by atoms with Gasteiger partial charge >= 0.3 is 0 Å². The number of hydrogen-bond donors (Lipinski definition) is 2. The first-order chi connectivity index (χ1) is 14.1. The van der Waals surface area contributed by atoms with Crippen LogP contribution >= 0.6 is 0 Å². The summed E-state index contributed by atoms with van der Waals surface area (Å²) in [6.07, 6.45) is 0.887. The van der Waals surface area contributed by atoms with Gasteiger partial charge in [0.2, 0.25) is 5.91 Å². The molecule has 0 unspecified atom stereocenters. The molecule has 0 aliphatic carbocycles. The number of amides is 1. The van der Waals surface area contributed by atoms with Gasteiger partial charge in [-0.2, -0.15) is 0 Å². The smallest absolute Gasteiger partial charge is 0.241 e. The zero-order valence-electron chi connectivity index (χ0n) is 17.5. The summed E-state index contributed by atoms with van der Waals surface area (Å²) >= 11 is 0. The average molecular weight is 398 g/mol. The second-order valence-corrected chi connectivity index (χ2v) is 7.26. The van der Waals surface area contributed by atoms with Crippen molar-refractivity contribution in [3.8, 4) is 5.75 Å². The molecule has 156 valence electrons. The number of carbonyl (C=O) groups excluding carboxylic acids is 1. The van der Waals surface area contributed by atoms with Crippen LogP contribution in [0.25, 0.3) is 0 Å². The number of nitrogens with zero attached hydrogens (tertiary/aromatic N) is 1. The Morgan fingerprint density at radius 2 is 1.76 bits per heavy atom. The van der Waals surface area contributed by atoms with Crippen LogP contribution in [0.3, 0.4) is 0 Å². The van der Waals surface area contributed by atoms with E-state index in [-0.39, 0.29) is 18.0 Å². The summed E-state index contributed by atoms with van der Waals surface area (Å²) in [6, 6.07) is 15.7. The lowest BCUT2D eigenvalue weighted by molar-refractivity contribution is -0.118. The van der Waals surface area contributed by atoms with Crippen molar-refractivity contribution in [2.45, 2.75) is 32.4 Å². The van der Waals surface area contributed by atoms with Gasteiger partial charge in [0.1, 0.15) is 5.75 Å². The fourth-order valence-electron chi connectivity index (χ4n) is 3.49. The van der Waals surface area contributed by atoms with Crippen molar-refractivity contribution < 1.29 is 14.3 Å².